The first-order valence-corrected chi connectivity index (χ1v) is 9.21. The highest BCUT2D eigenvalue weighted by Gasteiger charge is 2.27. The Labute approximate surface area is 162 Å². The highest BCUT2D eigenvalue weighted by Crippen LogP contribution is 2.37. The van der Waals surface area contributed by atoms with E-state index in [1.807, 2.05) is 42.5 Å². The Balaban J connectivity index is 1.72. The van der Waals surface area contributed by atoms with E-state index in [-0.39, 0.29) is 25.0 Å². The first-order valence-electron chi connectivity index (χ1n) is 9.21. The number of nitrogens with zero attached hydrogens (tertiary/aromatic N) is 1. The quantitative estimate of drug-likeness (QED) is 0.543. The van der Waals surface area contributed by atoms with Crippen LogP contribution < -0.4 is 5.32 Å². The van der Waals surface area contributed by atoms with Crippen LogP contribution in [0.25, 0.3) is 22.6 Å². The molecule has 0 saturated carbocycles. The summed E-state index contributed by atoms with van der Waals surface area (Å²) in [7, 11) is 0. The standard InChI is InChI=1S/C22H20N2O4/c1-14(25)23-10-12-28-22(26)20-17-6-2-3-7-19(17)24-21-15(8-9-18(20)21)13-16-5-4-11-27-16/h2-7,11,13H,8-10,12H2,1H3,(H,23,25)/b15-13+. The number of fused-ring (bicyclic) bond motifs is 2. The molecule has 6 nitrogen and oxygen atoms in total. The Morgan fingerprint density at radius 3 is 2.86 bits per heavy atom. The van der Waals surface area contributed by atoms with Crippen molar-refractivity contribution in [2.45, 2.75) is 19.8 Å². The fourth-order valence-corrected chi connectivity index (χ4v) is 3.50. The lowest BCUT2D eigenvalue weighted by atomic mass is 10.0. The molecule has 0 aliphatic heterocycles. The van der Waals surface area contributed by atoms with Crippen molar-refractivity contribution in [3.63, 3.8) is 0 Å². The molecule has 0 spiro atoms. The third kappa shape index (κ3) is 3.53. The number of amides is 1. The summed E-state index contributed by atoms with van der Waals surface area (Å²) < 4.78 is 10.9. The number of carbonyl (C=O) groups is 2. The maximum atomic E-state index is 12.9. The molecule has 2 aromatic heterocycles. The first kappa shape index (κ1) is 18.0. The molecule has 6 heteroatoms. The Morgan fingerprint density at radius 2 is 2.07 bits per heavy atom. The molecule has 28 heavy (non-hydrogen) atoms. The van der Waals surface area contributed by atoms with E-state index in [2.05, 4.69) is 5.32 Å². The van der Waals surface area contributed by atoms with E-state index >= 15 is 0 Å². The largest absolute Gasteiger partial charge is 0.465 e. The van der Waals surface area contributed by atoms with Crippen LogP contribution in [0.3, 0.4) is 0 Å². The summed E-state index contributed by atoms with van der Waals surface area (Å²) in [6.07, 6.45) is 5.11. The van der Waals surface area contributed by atoms with Gasteiger partial charge in [-0.05, 0) is 48.3 Å². The lowest BCUT2D eigenvalue weighted by Crippen LogP contribution is -2.25. The molecule has 1 amide bonds. The van der Waals surface area contributed by atoms with Gasteiger partial charge in [0.2, 0.25) is 5.91 Å². The Bertz CT molecular complexity index is 1070. The highest BCUT2D eigenvalue weighted by atomic mass is 16.5. The van der Waals surface area contributed by atoms with Gasteiger partial charge in [-0.2, -0.15) is 0 Å². The molecular formula is C22H20N2O4. The number of carbonyl (C=O) groups excluding carboxylic acids is 2. The molecule has 4 rings (SSSR count). The molecule has 3 aromatic rings. The number of rotatable bonds is 5. The molecular weight excluding hydrogens is 356 g/mol. The lowest BCUT2D eigenvalue weighted by Gasteiger charge is -2.12. The molecule has 142 valence electrons. The number of allylic oxidation sites excluding steroid dienone is 1. The fourth-order valence-electron chi connectivity index (χ4n) is 3.50. The Hall–Kier alpha value is -3.41. The summed E-state index contributed by atoms with van der Waals surface area (Å²) in [5.74, 6) is 0.218. The molecule has 0 saturated heterocycles. The molecule has 1 aromatic carbocycles. The maximum Gasteiger partial charge on any atom is 0.339 e. The Morgan fingerprint density at radius 1 is 1.21 bits per heavy atom. The second-order valence-corrected chi connectivity index (χ2v) is 6.63. The zero-order chi connectivity index (χ0) is 19.5. The van der Waals surface area contributed by atoms with Crippen molar-refractivity contribution < 1.29 is 18.7 Å². The molecule has 0 atom stereocenters. The van der Waals surface area contributed by atoms with Gasteiger partial charge in [0, 0.05) is 12.3 Å². The highest BCUT2D eigenvalue weighted by molar-refractivity contribution is 6.07. The molecule has 0 fully saturated rings. The fraction of sp³-hybridized carbons (Fsp3) is 0.227. The van der Waals surface area contributed by atoms with Crippen molar-refractivity contribution in [2.24, 2.45) is 0 Å². The van der Waals surface area contributed by atoms with Crippen LogP contribution in [0.1, 0.15) is 40.7 Å². The summed E-state index contributed by atoms with van der Waals surface area (Å²) in [6.45, 7) is 1.84. The van der Waals surface area contributed by atoms with Gasteiger partial charge >= 0.3 is 5.97 Å². The van der Waals surface area contributed by atoms with Crippen LogP contribution in [0, 0.1) is 0 Å². The summed E-state index contributed by atoms with van der Waals surface area (Å²) in [5.41, 5.74) is 4.08. The van der Waals surface area contributed by atoms with Gasteiger partial charge in [0.25, 0.3) is 0 Å². The molecule has 2 heterocycles. The molecule has 1 N–H and O–H groups in total. The molecule has 0 radical (unpaired) electrons. The van der Waals surface area contributed by atoms with Crippen LogP contribution in [-0.2, 0) is 16.0 Å². The number of pyridine rings is 1. The van der Waals surface area contributed by atoms with Crippen LogP contribution in [0.5, 0.6) is 0 Å². The summed E-state index contributed by atoms with van der Waals surface area (Å²) >= 11 is 0. The third-order valence-electron chi connectivity index (χ3n) is 4.71. The minimum Gasteiger partial charge on any atom is -0.465 e. The first-order chi connectivity index (χ1) is 13.6. The van der Waals surface area contributed by atoms with Crippen molar-refractivity contribution in [3.8, 4) is 0 Å². The van der Waals surface area contributed by atoms with E-state index in [4.69, 9.17) is 14.1 Å². The van der Waals surface area contributed by atoms with Crippen LogP contribution >= 0.6 is 0 Å². The number of nitrogens with one attached hydrogen (secondary N) is 1. The summed E-state index contributed by atoms with van der Waals surface area (Å²) in [5, 5.41) is 3.41. The average Bonchev–Trinajstić information content (AvgIpc) is 3.34. The number of esters is 1. The number of benzene rings is 1. The van der Waals surface area contributed by atoms with Crippen molar-refractivity contribution in [2.75, 3.05) is 13.2 Å². The lowest BCUT2D eigenvalue weighted by molar-refractivity contribution is -0.119. The number of hydrogen-bond acceptors (Lipinski definition) is 5. The van der Waals surface area contributed by atoms with Gasteiger partial charge < -0.3 is 14.5 Å². The van der Waals surface area contributed by atoms with Crippen molar-refractivity contribution in [1.29, 1.82) is 0 Å². The predicted molar refractivity (Wildman–Crippen MR) is 106 cm³/mol. The number of hydrogen-bond donors (Lipinski definition) is 1. The molecule has 0 bridgehead atoms. The van der Waals surface area contributed by atoms with Crippen LogP contribution in [-0.4, -0.2) is 30.0 Å². The van der Waals surface area contributed by atoms with E-state index < -0.39 is 0 Å². The van der Waals surface area contributed by atoms with Gasteiger partial charge in [-0.1, -0.05) is 18.2 Å². The van der Waals surface area contributed by atoms with E-state index in [0.29, 0.717) is 5.56 Å². The molecule has 1 aliphatic carbocycles. The SMILES string of the molecule is CC(=O)NCCOC(=O)c1c2c(nc3ccccc13)/C(=C/c1ccco1)CC2. The second-order valence-electron chi connectivity index (χ2n) is 6.63. The third-order valence-corrected chi connectivity index (χ3v) is 4.71. The van der Waals surface area contributed by atoms with Gasteiger partial charge in [0.1, 0.15) is 12.4 Å². The molecule has 1 aliphatic rings. The van der Waals surface area contributed by atoms with Gasteiger partial charge in [-0.25, -0.2) is 9.78 Å². The zero-order valence-electron chi connectivity index (χ0n) is 15.5. The molecule has 0 unspecified atom stereocenters. The van der Waals surface area contributed by atoms with E-state index in [0.717, 1.165) is 46.3 Å². The van der Waals surface area contributed by atoms with E-state index in [1.54, 1.807) is 6.26 Å². The van der Waals surface area contributed by atoms with Crippen LogP contribution in [0.2, 0.25) is 0 Å². The number of para-hydroxylation sites is 1. The van der Waals surface area contributed by atoms with Gasteiger partial charge in [-0.15, -0.1) is 0 Å². The average molecular weight is 376 g/mol. The van der Waals surface area contributed by atoms with Crippen molar-refractivity contribution >= 4 is 34.4 Å². The van der Waals surface area contributed by atoms with E-state index in [1.165, 1.54) is 6.92 Å². The Kier molecular flexibility index (Phi) is 4.93. The van der Waals surface area contributed by atoms with Gasteiger partial charge in [-0.3, -0.25) is 4.79 Å². The summed E-state index contributed by atoms with van der Waals surface area (Å²) in [4.78, 5) is 28.7. The minimum atomic E-state index is -0.389. The smallest absolute Gasteiger partial charge is 0.339 e. The second kappa shape index (κ2) is 7.68. The summed E-state index contributed by atoms with van der Waals surface area (Å²) in [6, 6.07) is 11.3. The number of aromatic nitrogens is 1. The van der Waals surface area contributed by atoms with E-state index in [9.17, 15) is 9.59 Å². The number of furan rings is 1. The van der Waals surface area contributed by atoms with Crippen LogP contribution in [0.15, 0.2) is 47.1 Å². The van der Waals surface area contributed by atoms with Crippen molar-refractivity contribution in [1.82, 2.24) is 10.3 Å². The van der Waals surface area contributed by atoms with Gasteiger partial charge in [0.05, 0.1) is 29.6 Å². The minimum absolute atomic E-state index is 0.124. The van der Waals surface area contributed by atoms with Gasteiger partial charge in [0.15, 0.2) is 0 Å². The monoisotopic (exact) mass is 376 g/mol. The zero-order valence-corrected chi connectivity index (χ0v) is 15.5. The normalized spacial score (nSPS) is 14.2. The number of ether oxygens (including phenoxy) is 1. The maximum absolute atomic E-state index is 12.9. The van der Waals surface area contributed by atoms with Crippen LogP contribution in [0.4, 0.5) is 0 Å². The topological polar surface area (TPSA) is 81.4 Å². The van der Waals surface area contributed by atoms with Crippen molar-refractivity contribution in [3.05, 3.63) is 65.2 Å². The predicted octanol–water partition coefficient (Wildman–Crippen LogP) is 3.61.